The van der Waals surface area contributed by atoms with Crippen molar-refractivity contribution in [2.75, 3.05) is 103 Å². The van der Waals surface area contributed by atoms with Gasteiger partial charge in [-0.2, -0.15) is 0 Å². The number of aliphatic imine (C=N–C) groups is 4. The number of nitrogens with one attached hydrogen (secondary N) is 13. The number of urea groups is 4. The molecule has 22 heteroatoms. The number of carbonyl (C=O) groups is 5. The number of carbonyl (C=O) groups excluding carboxylic acids is 5. The van der Waals surface area contributed by atoms with E-state index in [0.717, 1.165) is 52.6 Å². The van der Waals surface area contributed by atoms with E-state index >= 15 is 0 Å². The molecule has 6 aromatic carbocycles. The van der Waals surface area contributed by atoms with Crippen molar-refractivity contribution in [2.24, 2.45) is 20.0 Å². The molecule has 0 fully saturated rings. The second kappa shape index (κ2) is 25.6. The Bertz CT molecular complexity index is 3280. The number of rotatable bonds is 16. The molecule has 22 nitrogen and oxygen atoms in total. The molecule has 0 radical (unpaired) electrons. The Labute approximate surface area is 444 Å². The lowest BCUT2D eigenvalue weighted by atomic mass is 10.1. The first kappa shape index (κ1) is 53.1. The first-order valence-corrected chi connectivity index (χ1v) is 24.6. The van der Waals surface area contributed by atoms with Crippen LogP contribution in [0.2, 0.25) is 0 Å². The summed E-state index contributed by atoms with van der Waals surface area (Å²) >= 11 is 0. The summed E-state index contributed by atoms with van der Waals surface area (Å²) in [5.74, 6) is 2.27. The topological polar surface area (TPSA) is 291 Å². The van der Waals surface area contributed by atoms with Gasteiger partial charge in [-0.05, 0) is 116 Å². The van der Waals surface area contributed by atoms with Gasteiger partial charge in [0.15, 0.2) is 0 Å². The van der Waals surface area contributed by atoms with Crippen LogP contribution in [0.4, 0.5) is 64.7 Å². The molecule has 77 heavy (non-hydrogen) atoms. The van der Waals surface area contributed by atoms with E-state index in [4.69, 9.17) is 0 Å². The van der Waals surface area contributed by atoms with Gasteiger partial charge in [-0.1, -0.05) is 30.3 Å². The van der Waals surface area contributed by atoms with Crippen LogP contribution in [0.15, 0.2) is 153 Å². The number of hydrogen-bond acceptors (Lipinski definition) is 11. The van der Waals surface area contributed by atoms with E-state index < -0.39 is 30.0 Å². The van der Waals surface area contributed by atoms with Crippen LogP contribution in [0.25, 0.3) is 0 Å². The van der Waals surface area contributed by atoms with E-state index in [1.54, 1.807) is 106 Å². The molecule has 0 spiro atoms. The van der Waals surface area contributed by atoms with Crippen molar-refractivity contribution in [1.29, 1.82) is 0 Å². The van der Waals surface area contributed by atoms with E-state index in [2.05, 4.69) is 89.1 Å². The van der Waals surface area contributed by atoms with E-state index in [1.165, 1.54) is 12.1 Å². The minimum Gasteiger partial charge on any atom is -0.373 e. The van der Waals surface area contributed by atoms with E-state index in [-0.39, 0.29) is 24.3 Å². The monoisotopic (exact) mass is 1040 g/mol. The minimum absolute atomic E-state index is 0.135. The molecule has 8 rings (SSSR count). The molecule has 0 atom stereocenters. The van der Waals surface area contributed by atoms with Crippen molar-refractivity contribution in [1.82, 2.24) is 26.6 Å². The van der Waals surface area contributed by atoms with Crippen molar-refractivity contribution in [3.63, 3.8) is 0 Å². The zero-order valence-electron chi connectivity index (χ0n) is 42.8. The van der Waals surface area contributed by atoms with Crippen LogP contribution in [0.5, 0.6) is 0 Å². The molecule has 0 saturated heterocycles. The number of nitrogens with zero attached hydrogens (tertiary/aromatic N) is 4. The van der Waals surface area contributed by atoms with Crippen molar-refractivity contribution in [2.45, 2.75) is 6.92 Å². The summed E-state index contributed by atoms with van der Waals surface area (Å²) in [6.07, 6.45) is 0. The fraction of sp³-hybridized carbons (Fsp3) is 0.182. The third kappa shape index (κ3) is 14.7. The maximum atomic E-state index is 13.8. The molecule has 2 heterocycles. The molecular formula is C55H59N17O5. The van der Waals surface area contributed by atoms with Crippen molar-refractivity contribution in [3.8, 4) is 0 Å². The van der Waals surface area contributed by atoms with Gasteiger partial charge in [0.1, 0.15) is 23.3 Å². The Morgan fingerprint density at radius 3 is 1.40 bits per heavy atom. The van der Waals surface area contributed by atoms with Gasteiger partial charge in [0, 0.05) is 109 Å². The van der Waals surface area contributed by atoms with Crippen LogP contribution in [0, 0.1) is 6.92 Å². The smallest absolute Gasteiger partial charge is 0.323 e. The summed E-state index contributed by atoms with van der Waals surface area (Å²) in [4.78, 5) is 83.9. The molecule has 6 aromatic rings. The Morgan fingerprint density at radius 2 is 0.909 bits per heavy atom. The van der Waals surface area contributed by atoms with Gasteiger partial charge >= 0.3 is 24.1 Å². The summed E-state index contributed by atoms with van der Waals surface area (Å²) in [6.45, 7) is 5.19. The maximum Gasteiger partial charge on any atom is 0.323 e. The second-order valence-electron chi connectivity index (χ2n) is 17.3. The Hall–Kier alpha value is -10.3. The minimum atomic E-state index is -0.623. The van der Waals surface area contributed by atoms with E-state index in [0.29, 0.717) is 64.6 Å². The molecule has 394 valence electrons. The lowest BCUT2D eigenvalue weighted by Crippen LogP contribution is -2.35. The highest BCUT2D eigenvalue weighted by Crippen LogP contribution is 2.25. The SMILES string of the molecule is CN=C(NC)c1ccc(NC(=O)Nc2cc(NC(=O)Nc3cccc(C4=NCCN4)c3)ccc2C(=O)NCCNC(=NC)c2ccc(NC(=O)Nc3cc(NC(=O)Nc4cccc(C5=NCCN5)c4)ccc3C)cc2)cc1. The molecule has 0 bridgehead atoms. The first-order valence-electron chi connectivity index (χ1n) is 24.6. The summed E-state index contributed by atoms with van der Waals surface area (Å²) in [6, 6.07) is 36.5. The number of benzene rings is 6. The predicted molar refractivity (Wildman–Crippen MR) is 307 cm³/mol. The summed E-state index contributed by atoms with van der Waals surface area (Å²) < 4.78 is 0. The molecule has 2 aliphatic heterocycles. The van der Waals surface area contributed by atoms with Crippen LogP contribution in [-0.4, -0.2) is 114 Å². The number of amides is 9. The summed E-state index contributed by atoms with van der Waals surface area (Å²) in [5, 5.41) is 38.1. The summed E-state index contributed by atoms with van der Waals surface area (Å²) in [7, 11) is 5.07. The maximum absolute atomic E-state index is 13.8. The third-order valence-electron chi connectivity index (χ3n) is 11.9. The van der Waals surface area contributed by atoms with Crippen molar-refractivity contribution in [3.05, 3.63) is 167 Å². The molecular weight excluding hydrogens is 979 g/mol. The van der Waals surface area contributed by atoms with Crippen LogP contribution in [0.3, 0.4) is 0 Å². The lowest BCUT2D eigenvalue weighted by Gasteiger charge is -2.16. The highest BCUT2D eigenvalue weighted by atomic mass is 16.2. The standard InChI is InChI=1S/C55H59N17O5/c1-33-11-16-42(69-52(74)67-40-9-5-7-36(29-40)49-60-23-24-61-49)31-45(33)71-54(76)65-39-19-14-35(15-20-39)48(58-4)59-27-28-64-51(73)44-22-21-43(70-53(75)68-41-10-6-8-37(30-41)50-62-25-26-63-50)32-46(44)72-55(77)66-38-17-12-34(13-18-38)47(56-2)57-3/h5-22,29-32H,23-28H2,1-4H3,(H,56,57)(H,58,59)(H,60,61)(H,62,63)(H,64,73)(H2,65,71,76)(H2,66,72,77)(H2,67,69,74)(H2,68,70,75). The highest BCUT2D eigenvalue weighted by molar-refractivity contribution is 6.10. The number of aryl methyl sites for hydroxylation is 1. The molecule has 9 amide bonds. The average Bonchev–Trinajstić information content (AvgIpc) is 4.18. The van der Waals surface area contributed by atoms with Gasteiger partial charge in [-0.3, -0.25) is 24.8 Å². The number of hydrogen-bond donors (Lipinski definition) is 13. The molecule has 0 saturated carbocycles. The molecule has 13 N–H and O–H groups in total. The van der Waals surface area contributed by atoms with Gasteiger partial charge in [-0.15, -0.1) is 0 Å². The van der Waals surface area contributed by atoms with Gasteiger partial charge < -0.3 is 69.1 Å². The molecule has 0 aromatic heterocycles. The Kier molecular flexibility index (Phi) is 17.6. The third-order valence-corrected chi connectivity index (χ3v) is 11.9. The normalized spacial score (nSPS) is 12.8. The zero-order chi connectivity index (χ0) is 54.1. The molecule has 0 unspecified atom stereocenters. The van der Waals surface area contributed by atoms with E-state index in [1.807, 2.05) is 43.3 Å². The first-order chi connectivity index (χ1) is 37.4. The zero-order valence-corrected chi connectivity index (χ0v) is 42.8. The van der Waals surface area contributed by atoms with Gasteiger partial charge in [0.2, 0.25) is 0 Å². The van der Waals surface area contributed by atoms with Gasteiger partial charge in [0.25, 0.3) is 5.91 Å². The number of anilines is 8. The average molecular weight is 1040 g/mol. The summed E-state index contributed by atoms with van der Waals surface area (Å²) in [5.41, 5.74) is 7.77. The Morgan fingerprint density at radius 1 is 0.481 bits per heavy atom. The highest BCUT2D eigenvalue weighted by Gasteiger charge is 2.18. The second-order valence-corrected chi connectivity index (χ2v) is 17.3. The van der Waals surface area contributed by atoms with Crippen molar-refractivity contribution < 1.29 is 24.0 Å². The molecule has 2 aliphatic rings. The Balaban J connectivity index is 0.841. The number of amidine groups is 4. The predicted octanol–water partition coefficient (Wildman–Crippen LogP) is 7.26. The largest absolute Gasteiger partial charge is 0.373 e. The van der Waals surface area contributed by atoms with Crippen LogP contribution >= 0.6 is 0 Å². The van der Waals surface area contributed by atoms with Gasteiger partial charge in [0.05, 0.1) is 24.3 Å². The van der Waals surface area contributed by atoms with Crippen LogP contribution < -0.4 is 69.1 Å². The molecule has 0 aliphatic carbocycles. The lowest BCUT2D eigenvalue weighted by molar-refractivity contribution is 0.0955. The van der Waals surface area contributed by atoms with Crippen molar-refractivity contribution >= 4 is 98.9 Å². The fourth-order valence-electron chi connectivity index (χ4n) is 8.16. The van der Waals surface area contributed by atoms with Gasteiger partial charge in [-0.25, -0.2) is 19.2 Å². The fourth-order valence-corrected chi connectivity index (χ4v) is 8.16. The van der Waals surface area contributed by atoms with Crippen LogP contribution in [-0.2, 0) is 0 Å². The van der Waals surface area contributed by atoms with E-state index in [9.17, 15) is 24.0 Å². The van der Waals surface area contributed by atoms with Crippen LogP contribution in [0.1, 0.15) is 38.2 Å². The quantitative estimate of drug-likeness (QED) is 0.0263.